The zero-order valence-corrected chi connectivity index (χ0v) is 22.1. The molecule has 0 radical (unpaired) electrons. The maximum Gasteiger partial charge on any atom is 0.244 e. The summed E-state index contributed by atoms with van der Waals surface area (Å²) < 4.78 is 26.9. The summed E-state index contributed by atoms with van der Waals surface area (Å²) in [5.41, 5.74) is 1.15. The largest absolute Gasteiger partial charge is 0.352 e. The summed E-state index contributed by atoms with van der Waals surface area (Å²) >= 11 is 8.08. The Balaban J connectivity index is 2.36. The number of anilines is 1. The predicted molar refractivity (Wildman–Crippen MR) is 136 cm³/mol. The maximum atomic E-state index is 13.4. The van der Waals surface area contributed by atoms with E-state index in [-0.39, 0.29) is 18.5 Å². The smallest absolute Gasteiger partial charge is 0.244 e. The molecule has 0 aliphatic rings. The van der Waals surface area contributed by atoms with E-state index >= 15 is 0 Å². The molecule has 32 heavy (non-hydrogen) atoms. The lowest BCUT2D eigenvalue weighted by Crippen LogP contribution is -2.52. The molecule has 0 fully saturated rings. The fourth-order valence-corrected chi connectivity index (χ4v) is 4.33. The van der Waals surface area contributed by atoms with Crippen molar-refractivity contribution in [3.8, 4) is 0 Å². The number of hydrogen-bond acceptors (Lipinski definition) is 4. The van der Waals surface area contributed by atoms with E-state index < -0.39 is 28.5 Å². The second-order valence-corrected chi connectivity index (χ2v) is 11.3. The lowest BCUT2D eigenvalue weighted by Gasteiger charge is -2.32. The summed E-state index contributed by atoms with van der Waals surface area (Å²) in [5, 5.41) is 3.36. The van der Waals surface area contributed by atoms with E-state index in [4.69, 9.17) is 11.6 Å². The van der Waals surface area contributed by atoms with Crippen molar-refractivity contribution < 1.29 is 18.0 Å². The van der Waals surface area contributed by atoms with Crippen molar-refractivity contribution in [2.45, 2.75) is 39.4 Å². The summed E-state index contributed by atoms with van der Waals surface area (Å²) in [5.74, 6) is -0.808. The normalized spacial score (nSPS) is 12.3. The van der Waals surface area contributed by atoms with Gasteiger partial charge in [0.05, 0.1) is 11.9 Å². The molecule has 0 saturated heterocycles. The van der Waals surface area contributed by atoms with Crippen LogP contribution in [0.15, 0.2) is 48.5 Å². The van der Waals surface area contributed by atoms with Crippen molar-refractivity contribution in [3.05, 3.63) is 62.7 Å². The van der Waals surface area contributed by atoms with Crippen LogP contribution in [0.3, 0.4) is 0 Å². The highest BCUT2D eigenvalue weighted by Crippen LogP contribution is 2.21. The van der Waals surface area contributed by atoms with Gasteiger partial charge in [-0.3, -0.25) is 13.9 Å². The van der Waals surface area contributed by atoms with Gasteiger partial charge in [-0.15, -0.1) is 0 Å². The van der Waals surface area contributed by atoms with Crippen molar-refractivity contribution in [1.29, 1.82) is 0 Å². The Morgan fingerprint density at radius 2 is 1.59 bits per heavy atom. The van der Waals surface area contributed by atoms with Gasteiger partial charge in [-0.1, -0.05) is 23.7 Å². The lowest BCUT2D eigenvalue weighted by atomic mass is 10.1. The molecule has 0 bridgehead atoms. The van der Waals surface area contributed by atoms with Crippen molar-refractivity contribution >= 4 is 61.7 Å². The molecule has 2 amide bonds. The van der Waals surface area contributed by atoms with Crippen molar-refractivity contribution in [1.82, 2.24) is 10.2 Å². The molecule has 1 atom stereocenters. The van der Waals surface area contributed by atoms with E-state index in [1.165, 1.54) is 4.90 Å². The average molecular weight is 592 g/mol. The van der Waals surface area contributed by atoms with Gasteiger partial charge in [0, 0.05) is 21.2 Å². The van der Waals surface area contributed by atoms with E-state index in [1.54, 1.807) is 55.5 Å². The van der Waals surface area contributed by atoms with Crippen molar-refractivity contribution in [2.75, 3.05) is 17.1 Å². The maximum absolute atomic E-state index is 13.4. The molecular weight excluding hydrogens is 565 g/mol. The van der Waals surface area contributed by atoms with Crippen LogP contribution in [0.1, 0.15) is 26.3 Å². The quantitative estimate of drug-likeness (QED) is 0.451. The van der Waals surface area contributed by atoms with E-state index in [9.17, 15) is 18.0 Å². The Hall–Kier alpha value is -1.85. The predicted octanol–water partition coefficient (Wildman–Crippen LogP) is 3.65. The van der Waals surface area contributed by atoms with Gasteiger partial charge in [-0.05, 0) is 85.3 Å². The second-order valence-electron chi connectivity index (χ2n) is 7.73. The van der Waals surface area contributed by atoms with E-state index in [0.29, 0.717) is 10.7 Å². The number of sulfonamides is 1. The molecule has 1 unspecified atom stereocenters. The highest BCUT2D eigenvalue weighted by Gasteiger charge is 2.30. The summed E-state index contributed by atoms with van der Waals surface area (Å²) in [6, 6.07) is 12.9. The lowest BCUT2D eigenvalue weighted by molar-refractivity contribution is -0.139. The van der Waals surface area contributed by atoms with Crippen LogP contribution in [-0.2, 0) is 26.2 Å². The van der Waals surface area contributed by atoms with E-state index in [1.807, 2.05) is 13.8 Å². The monoisotopic (exact) mass is 591 g/mol. The molecule has 2 aromatic rings. The number of nitrogens with one attached hydrogen (secondary N) is 1. The molecule has 0 heterocycles. The molecule has 174 valence electrons. The number of rotatable bonds is 9. The Bertz CT molecular complexity index is 1040. The minimum Gasteiger partial charge on any atom is -0.352 e. The Morgan fingerprint density at radius 3 is 2.09 bits per heavy atom. The van der Waals surface area contributed by atoms with E-state index in [2.05, 4.69) is 27.9 Å². The molecule has 2 aromatic carbocycles. The third-order valence-corrected chi connectivity index (χ3v) is 6.77. The molecule has 7 nitrogen and oxygen atoms in total. The van der Waals surface area contributed by atoms with Gasteiger partial charge in [0.15, 0.2) is 0 Å². The van der Waals surface area contributed by atoms with E-state index in [0.717, 1.165) is 19.7 Å². The molecule has 2 rings (SSSR count). The van der Waals surface area contributed by atoms with Crippen LogP contribution in [0.4, 0.5) is 5.69 Å². The number of benzene rings is 2. The summed E-state index contributed by atoms with van der Waals surface area (Å²) in [4.78, 5) is 27.4. The molecule has 0 aromatic heterocycles. The topological polar surface area (TPSA) is 86.8 Å². The highest BCUT2D eigenvalue weighted by molar-refractivity contribution is 14.1. The first-order chi connectivity index (χ1) is 14.9. The zero-order chi connectivity index (χ0) is 24.1. The minimum atomic E-state index is -3.74. The van der Waals surface area contributed by atoms with Crippen LogP contribution < -0.4 is 9.62 Å². The standard InChI is InChI=1S/C22H27ClIN3O4S/c1-15(2)25-22(29)16(3)26(13-17-5-7-18(23)8-6-17)21(28)14-27(32(4,30)31)20-11-9-19(24)10-12-20/h5-12,15-16H,13-14H2,1-4H3,(H,25,29). The van der Waals surface area contributed by atoms with Crippen molar-refractivity contribution in [2.24, 2.45) is 0 Å². The van der Waals surface area contributed by atoms with Crippen LogP contribution in [0, 0.1) is 3.57 Å². The van der Waals surface area contributed by atoms with Crippen LogP contribution in [0.5, 0.6) is 0 Å². The molecule has 0 spiro atoms. The Labute approximate surface area is 208 Å². The number of halogens is 2. The Morgan fingerprint density at radius 1 is 1.03 bits per heavy atom. The van der Waals surface area contributed by atoms with Gasteiger partial charge in [0.2, 0.25) is 21.8 Å². The van der Waals surface area contributed by atoms with Gasteiger partial charge >= 0.3 is 0 Å². The molecule has 10 heteroatoms. The molecule has 0 saturated carbocycles. The minimum absolute atomic E-state index is 0.100. The summed E-state index contributed by atoms with van der Waals surface area (Å²) in [6.07, 6.45) is 1.05. The van der Waals surface area contributed by atoms with Crippen LogP contribution in [-0.4, -0.2) is 50.0 Å². The number of hydrogen-bond donors (Lipinski definition) is 1. The molecule has 1 N–H and O–H groups in total. The average Bonchev–Trinajstić information content (AvgIpc) is 2.70. The fraction of sp³-hybridized carbons (Fsp3) is 0.364. The SMILES string of the molecule is CC(C)NC(=O)C(C)N(Cc1ccc(Cl)cc1)C(=O)CN(c1ccc(I)cc1)S(C)(=O)=O. The summed E-state index contributed by atoms with van der Waals surface area (Å²) in [6.45, 7) is 5.00. The number of amides is 2. The van der Waals surface area contributed by atoms with Gasteiger partial charge in [-0.2, -0.15) is 0 Å². The zero-order valence-electron chi connectivity index (χ0n) is 18.4. The second kappa shape index (κ2) is 11.3. The van der Waals surface area contributed by atoms with Gasteiger partial charge < -0.3 is 10.2 Å². The van der Waals surface area contributed by atoms with Gasteiger partial charge in [0.1, 0.15) is 12.6 Å². The van der Waals surface area contributed by atoms with Crippen molar-refractivity contribution in [3.63, 3.8) is 0 Å². The van der Waals surface area contributed by atoms with Crippen LogP contribution >= 0.6 is 34.2 Å². The fourth-order valence-electron chi connectivity index (χ4n) is 3.00. The van der Waals surface area contributed by atoms with Gasteiger partial charge in [-0.25, -0.2) is 8.42 Å². The molecular formula is C22H27ClIN3O4S. The van der Waals surface area contributed by atoms with Crippen LogP contribution in [0.25, 0.3) is 0 Å². The number of carbonyl (C=O) groups excluding carboxylic acids is 2. The number of nitrogens with zero attached hydrogens (tertiary/aromatic N) is 2. The molecule has 0 aliphatic carbocycles. The molecule has 0 aliphatic heterocycles. The Kier molecular flexibility index (Phi) is 9.35. The summed E-state index contributed by atoms with van der Waals surface area (Å²) in [7, 11) is -3.74. The highest BCUT2D eigenvalue weighted by atomic mass is 127. The third kappa shape index (κ3) is 7.63. The first-order valence-corrected chi connectivity index (χ1v) is 13.3. The number of carbonyl (C=O) groups is 2. The van der Waals surface area contributed by atoms with Crippen LogP contribution in [0.2, 0.25) is 5.02 Å². The third-order valence-electron chi connectivity index (χ3n) is 4.66. The first-order valence-electron chi connectivity index (χ1n) is 9.96. The first kappa shape index (κ1) is 26.4. The van der Waals surface area contributed by atoms with Gasteiger partial charge in [0.25, 0.3) is 0 Å².